The monoisotopic (exact) mass is 235 g/mol. The second kappa shape index (κ2) is 7.45. The van der Waals surface area contributed by atoms with Crippen LogP contribution in [0.5, 0.6) is 0 Å². The van der Waals surface area contributed by atoms with Crippen LogP contribution < -0.4 is 0 Å². The Balaban J connectivity index is 0.000000581. The zero-order valence-corrected chi connectivity index (χ0v) is 11.0. The number of hydrogen-bond donors (Lipinski definition) is 0. The fraction of sp³-hybridized carbons (Fsp3) is 0.357. The molecule has 2 rings (SSSR count). The highest BCUT2D eigenvalue weighted by Crippen LogP contribution is 2.26. The van der Waals surface area contributed by atoms with E-state index in [1.807, 2.05) is 33.8 Å². The Bertz CT molecular complexity index is 509. The highest BCUT2D eigenvalue weighted by Gasteiger charge is 2.12. The van der Waals surface area contributed by atoms with Crippen LogP contribution in [0.25, 0.3) is 11.0 Å². The molecular weight excluding hydrogens is 217 g/mol. The Kier molecular flexibility index (Phi) is 6.65. The summed E-state index contributed by atoms with van der Waals surface area (Å²) in [4.78, 5) is 0. The number of halogens is 1. The average molecular weight is 235 g/mol. The third-order valence-electron chi connectivity index (χ3n) is 2.02. The molecular formula is C14H18FNO. The van der Waals surface area contributed by atoms with E-state index in [0.717, 1.165) is 0 Å². The van der Waals surface area contributed by atoms with E-state index in [0.29, 0.717) is 10.9 Å². The summed E-state index contributed by atoms with van der Waals surface area (Å²) in [7, 11) is 0. The summed E-state index contributed by atoms with van der Waals surface area (Å²) in [5.41, 5.74) is 0.855. The van der Waals surface area contributed by atoms with Crippen LogP contribution in [-0.4, -0.2) is 0 Å². The fourth-order valence-corrected chi connectivity index (χ4v) is 1.32. The van der Waals surface area contributed by atoms with Crippen LogP contribution in [0, 0.1) is 24.1 Å². The van der Waals surface area contributed by atoms with Crippen molar-refractivity contribution in [3.63, 3.8) is 0 Å². The average Bonchev–Trinajstić information content (AvgIpc) is 2.73. The molecule has 0 saturated heterocycles. The molecule has 0 aliphatic rings. The minimum Gasteiger partial charge on any atom is -0.442 e. The van der Waals surface area contributed by atoms with Crippen molar-refractivity contribution in [1.82, 2.24) is 0 Å². The Morgan fingerprint density at radius 3 is 2.24 bits per heavy atom. The van der Waals surface area contributed by atoms with E-state index in [9.17, 15) is 4.39 Å². The second-order valence-corrected chi connectivity index (χ2v) is 2.78. The predicted molar refractivity (Wildman–Crippen MR) is 68.3 cm³/mol. The number of nitrogens with zero attached hydrogens (tertiary/aromatic N) is 1. The van der Waals surface area contributed by atoms with Gasteiger partial charge in [0.25, 0.3) is 0 Å². The topological polar surface area (TPSA) is 36.9 Å². The molecule has 0 aliphatic carbocycles. The summed E-state index contributed by atoms with van der Waals surface area (Å²) >= 11 is 0. The normalized spacial score (nSPS) is 8.53. The molecule has 0 unspecified atom stereocenters. The number of hydrogen-bond acceptors (Lipinski definition) is 2. The zero-order chi connectivity index (χ0) is 13.4. The molecule has 0 amide bonds. The molecule has 0 saturated carbocycles. The highest BCUT2D eigenvalue weighted by molar-refractivity contribution is 5.83. The Labute approximate surface area is 102 Å². The van der Waals surface area contributed by atoms with Crippen molar-refractivity contribution in [3.8, 4) is 6.07 Å². The van der Waals surface area contributed by atoms with Crippen molar-refractivity contribution in [2.24, 2.45) is 0 Å². The van der Waals surface area contributed by atoms with E-state index < -0.39 is 5.82 Å². The smallest absolute Gasteiger partial charge is 0.207 e. The molecule has 0 spiro atoms. The summed E-state index contributed by atoms with van der Waals surface area (Å²) in [6, 6.07) is 6.52. The van der Waals surface area contributed by atoms with Crippen molar-refractivity contribution in [3.05, 3.63) is 35.3 Å². The van der Waals surface area contributed by atoms with Crippen LogP contribution in [0.3, 0.4) is 0 Å². The lowest BCUT2D eigenvalue weighted by Crippen LogP contribution is -1.73. The van der Waals surface area contributed by atoms with Gasteiger partial charge in [-0.2, -0.15) is 5.26 Å². The molecule has 1 aromatic heterocycles. The van der Waals surface area contributed by atoms with Gasteiger partial charge < -0.3 is 4.42 Å². The lowest BCUT2D eigenvalue weighted by Gasteiger charge is -1.88. The summed E-state index contributed by atoms with van der Waals surface area (Å²) < 4.78 is 18.2. The van der Waals surface area contributed by atoms with Crippen LogP contribution in [0.1, 0.15) is 39.0 Å². The molecule has 0 radical (unpaired) electrons. The number of furan rings is 1. The first-order valence-corrected chi connectivity index (χ1v) is 5.81. The van der Waals surface area contributed by atoms with Gasteiger partial charge in [-0.05, 0) is 13.0 Å². The van der Waals surface area contributed by atoms with Gasteiger partial charge >= 0.3 is 0 Å². The number of fused-ring (bicyclic) bond motifs is 1. The number of para-hydroxylation sites is 1. The van der Waals surface area contributed by atoms with Crippen LogP contribution >= 0.6 is 0 Å². The largest absolute Gasteiger partial charge is 0.442 e. The molecule has 2 nitrogen and oxygen atoms in total. The van der Waals surface area contributed by atoms with Gasteiger partial charge in [-0.25, -0.2) is 4.39 Å². The number of aryl methyl sites for hydroxylation is 1. The van der Waals surface area contributed by atoms with Gasteiger partial charge in [-0.1, -0.05) is 39.8 Å². The third kappa shape index (κ3) is 3.07. The van der Waals surface area contributed by atoms with Crippen molar-refractivity contribution >= 4 is 11.0 Å². The minimum absolute atomic E-state index is 0.163. The highest BCUT2D eigenvalue weighted by atomic mass is 19.1. The van der Waals surface area contributed by atoms with Crippen molar-refractivity contribution in [2.45, 2.75) is 34.6 Å². The first-order valence-electron chi connectivity index (χ1n) is 5.81. The van der Waals surface area contributed by atoms with E-state index >= 15 is 0 Å². The van der Waals surface area contributed by atoms with Crippen LogP contribution in [0.2, 0.25) is 0 Å². The van der Waals surface area contributed by atoms with Crippen LogP contribution in [-0.2, 0) is 0 Å². The molecule has 17 heavy (non-hydrogen) atoms. The first kappa shape index (κ1) is 15.2. The summed E-state index contributed by atoms with van der Waals surface area (Å²) in [5, 5.41) is 9.31. The van der Waals surface area contributed by atoms with Gasteiger partial charge in [0.15, 0.2) is 11.4 Å². The van der Waals surface area contributed by atoms with Gasteiger partial charge in [-0.15, -0.1) is 0 Å². The van der Waals surface area contributed by atoms with E-state index in [-0.39, 0.29) is 11.3 Å². The van der Waals surface area contributed by atoms with E-state index in [1.165, 1.54) is 6.07 Å². The molecule has 0 bridgehead atoms. The summed E-state index contributed by atoms with van der Waals surface area (Å²) in [6.45, 7) is 9.74. The molecule has 0 atom stereocenters. The van der Waals surface area contributed by atoms with Crippen LogP contribution in [0.15, 0.2) is 22.6 Å². The Morgan fingerprint density at radius 2 is 1.76 bits per heavy atom. The molecule has 0 fully saturated rings. The maximum absolute atomic E-state index is 13.1. The predicted octanol–water partition coefficient (Wildman–Crippen LogP) is 4.80. The van der Waals surface area contributed by atoms with E-state index in [4.69, 9.17) is 9.68 Å². The second-order valence-electron chi connectivity index (χ2n) is 2.78. The minimum atomic E-state index is -0.429. The fourth-order valence-electron chi connectivity index (χ4n) is 1.32. The standard InChI is InChI=1S/C10H6FNO.2C2H6/c1-6-7-3-2-4-8(11)10(7)13-9(6)5-12;2*1-2/h2-4H,1H3;2*1-2H3. The molecule has 2 aromatic rings. The van der Waals surface area contributed by atoms with E-state index in [1.54, 1.807) is 19.1 Å². The SMILES string of the molecule is CC.CC.Cc1c(C#N)oc2c(F)cccc12. The molecule has 1 aromatic carbocycles. The molecule has 0 N–H and O–H groups in total. The van der Waals surface area contributed by atoms with Crippen molar-refractivity contribution < 1.29 is 8.81 Å². The van der Waals surface area contributed by atoms with Crippen molar-refractivity contribution in [2.75, 3.05) is 0 Å². The Hall–Kier alpha value is -1.82. The summed E-state index contributed by atoms with van der Waals surface area (Å²) in [5.74, 6) is -0.248. The lowest BCUT2D eigenvalue weighted by atomic mass is 10.1. The number of benzene rings is 1. The van der Waals surface area contributed by atoms with Gasteiger partial charge in [-0.3, -0.25) is 0 Å². The molecule has 1 heterocycles. The quantitative estimate of drug-likeness (QED) is 0.657. The third-order valence-corrected chi connectivity index (χ3v) is 2.02. The number of nitriles is 1. The number of rotatable bonds is 0. The molecule has 92 valence electrons. The maximum atomic E-state index is 13.1. The van der Waals surface area contributed by atoms with Gasteiger partial charge in [0, 0.05) is 10.9 Å². The first-order chi connectivity index (χ1) is 8.24. The van der Waals surface area contributed by atoms with E-state index in [2.05, 4.69) is 0 Å². The maximum Gasteiger partial charge on any atom is 0.207 e. The Morgan fingerprint density at radius 1 is 1.18 bits per heavy atom. The summed E-state index contributed by atoms with van der Waals surface area (Å²) in [6.07, 6.45) is 0. The van der Waals surface area contributed by atoms with Gasteiger partial charge in [0.1, 0.15) is 6.07 Å². The zero-order valence-electron chi connectivity index (χ0n) is 11.0. The van der Waals surface area contributed by atoms with Gasteiger partial charge in [0.05, 0.1) is 0 Å². The van der Waals surface area contributed by atoms with Gasteiger partial charge in [0.2, 0.25) is 5.76 Å². The molecule has 0 aliphatic heterocycles. The molecule has 3 heteroatoms. The van der Waals surface area contributed by atoms with Crippen molar-refractivity contribution in [1.29, 1.82) is 5.26 Å². The lowest BCUT2D eigenvalue weighted by molar-refractivity contribution is 0.550. The van der Waals surface area contributed by atoms with Crippen LogP contribution in [0.4, 0.5) is 4.39 Å².